The third-order valence-corrected chi connectivity index (χ3v) is 4.42. The molecule has 0 radical (unpaired) electrons. The maximum absolute atomic E-state index is 12.1. The first kappa shape index (κ1) is 18.6. The molecule has 1 fully saturated rings. The number of nitrogens with zero attached hydrogens (tertiary/aromatic N) is 1. The number of nitrogens with one attached hydrogen (secondary N) is 1. The van der Waals surface area contributed by atoms with E-state index in [2.05, 4.69) is 5.32 Å². The van der Waals surface area contributed by atoms with E-state index in [9.17, 15) is 19.2 Å². The molecule has 3 amide bonds. The van der Waals surface area contributed by atoms with Crippen LogP contribution in [0.2, 0.25) is 0 Å². The number of imide groups is 1. The zero-order valence-corrected chi connectivity index (χ0v) is 15.3. The highest BCUT2D eigenvalue weighted by atomic mass is 16.5. The molecular formula is C19H20N2O6. The van der Waals surface area contributed by atoms with Crippen molar-refractivity contribution in [1.82, 2.24) is 10.2 Å². The summed E-state index contributed by atoms with van der Waals surface area (Å²) in [6, 6.07) is 6.11. The molecule has 0 unspecified atom stereocenters. The second-order valence-electron chi connectivity index (χ2n) is 6.88. The molecule has 3 rings (SSSR count). The van der Waals surface area contributed by atoms with Crippen LogP contribution in [0, 0.1) is 0 Å². The number of esters is 1. The molecule has 1 N–H and O–H groups in total. The summed E-state index contributed by atoms with van der Waals surface area (Å²) in [5, 5.41) is 3.15. The minimum atomic E-state index is -1.05. The van der Waals surface area contributed by atoms with Crippen LogP contribution >= 0.6 is 0 Å². The fourth-order valence-corrected chi connectivity index (χ4v) is 2.91. The average Bonchev–Trinajstić information content (AvgIpc) is 2.80. The van der Waals surface area contributed by atoms with Gasteiger partial charge in [-0.05, 0) is 31.9 Å². The molecule has 8 heteroatoms. The van der Waals surface area contributed by atoms with Crippen molar-refractivity contribution in [2.45, 2.75) is 39.3 Å². The molecule has 0 aliphatic carbocycles. The lowest BCUT2D eigenvalue weighted by molar-refractivity contribution is -0.148. The van der Waals surface area contributed by atoms with Gasteiger partial charge in [-0.3, -0.25) is 14.5 Å². The maximum Gasteiger partial charge on any atom is 0.336 e. The van der Waals surface area contributed by atoms with Crippen LogP contribution in [0.1, 0.15) is 31.9 Å². The first-order valence-corrected chi connectivity index (χ1v) is 8.56. The summed E-state index contributed by atoms with van der Waals surface area (Å²) in [5.74, 6) is -1.25. The Morgan fingerprint density at radius 3 is 2.59 bits per heavy atom. The molecule has 27 heavy (non-hydrogen) atoms. The van der Waals surface area contributed by atoms with Crippen LogP contribution in [0.25, 0.3) is 11.0 Å². The van der Waals surface area contributed by atoms with E-state index < -0.39 is 35.6 Å². The molecule has 142 valence electrons. The lowest BCUT2D eigenvalue weighted by Gasteiger charge is -2.15. The Balaban J connectivity index is 1.73. The third kappa shape index (κ3) is 3.69. The fraction of sp³-hybridized carbons (Fsp3) is 0.368. The van der Waals surface area contributed by atoms with Gasteiger partial charge in [0.25, 0.3) is 5.91 Å². The maximum atomic E-state index is 12.1. The quantitative estimate of drug-likeness (QED) is 0.487. The van der Waals surface area contributed by atoms with Gasteiger partial charge in [0.2, 0.25) is 0 Å². The Hall–Kier alpha value is -3.16. The van der Waals surface area contributed by atoms with E-state index in [-0.39, 0.29) is 6.61 Å². The number of hydrogen-bond acceptors (Lipinski definition) is 6. The summed E-state index contributed by atoms with van der Waals surface area (Å²) < 4.78 is 10.4. The number of carbonyl (C=O) groups is 3. The molecule has 1 saturated heterocycles. The smallest absolute Gasteiger partial charge is 0.336 e. The Labute approximate surface area is 155 Å². The van der Waals surface area contributed by atoms with Crippen molar-refractivity contribution in [3.63, 3.8) is 0 Å². The standard InChI is InChI=1S/C19H20N2O6/c1-4-11-5-6-13-12(8-15(22)27-14(13)7-11)10-26-16(23)9-21-17(24)19(2,3)20-18(21)25/h5-8H,4,9-10H2,1-3H3,(H,20,25). The predicted molar refractivity (Wildman–Crippen MR) is 96.0 cm³/mol. The number of ether oxygens (including phenoxy) is 1. The number of rotatable bonds is 5. The first-order chi connectivity index (χ1) is 12.7. The molecular weight excluding hydrogens is 352 g/mol. The number of benzene rings is 1. The Bertz CT molecular complexity index is 991. The predicted octanol–water partition coefficient (Wildman–Crippen LogP) is 1.73. The molecule has 1 aromatic heterocycles. The van der Waals surface area contributed by atoms with E-state index in [1.165, 1.54) is 6.07 Å². The molecule has 0 spiro atoms. The van der Waals surface area contributed by atoms with Gasteiger partial charge in [-0.2, -0.15) is 0 Å². The van der Waals surface area contributed by atoms with Crippen LogP contribution in [-0.2, 0) is 27.4 Å². The number of amides is 3. The zero-order valence-electron chi connectivity index (χ0n) is 15.3. The molecule has 1 aliphatic heterocycles. The lowest BCUT2D eigenvalue weighted by Crippen LogP contribution is -2.41. The van der Waals surface area contributed by atoms with Gasteiger partial charge in [0, 0.05) is 17.0 Å². The van der Waals surface area contributed by atoms with E-state index in [1.54, 1.807) is 26.0 Å². The van der Waals surface area contributed by atoms with Crippen molar-refractivity contribution in [2.24, 2.45) is 0 Å². The van der Waals surface area contributed by atoms with E-state index in [0.29, 0.717) is 16.5 Å². The van der Waals surface area contributed by atoms with E-state index >= 15 is 0 Å². The normalized spacial score (nSPS) is 15.9. The van der Waals surface area contributed by atoms with Crippen LogP contribution in [0.15, 0.2) is 33.5 Å². The van der Waals surface area contributed by atoms with Gasteiger partial charge in [-0.25, -0.2) is 9.59 Å². The van der Waals surface area contributed by atoms with Gasteiger partial charge in [-0.15, -0.1) is 0 Å². The monoisotopic (exact) mass is 372 g/mol. The zero-order chi connectivity index (χ0) is 19.8. The number of aryl methyl sites for hydroxylation is 1. The highest BCUT2D eigenvalue weighted by molar-refractivity contribution is 6.08. The highest BCUT2D eigenvalue weighted by Crippen LogP contribution is 2.20. The molecule has 0 atom stereocenters. The summed E-state index contributed by atoms with van der Waals surface area (Å²) >= 11 is 0. The van der Waals surface area contributed by atoms with Crippen molar-refractivity contribution in [3.8, 4) is 0 Å². The topological polar surface area (TPSA) is 106 Å². The number of fused-ring (bicyclic) bond motifs is 1. The molecule has 1 aliphatic rings. The van der Waals surface area contributed by atoms with Gasteiger partial charge in [0.15, 0.2) is 0 Å². The second-order valence-corrected chi connectivity index (χ2v) is 6.88. The minimum absolute atomic E-state index is 0.167. The van der Waals surface area contributed by atoms with Crippen molar-refractivity contribution >= 4 is 28.9 Å². The molecule has 2 aromatic rings. The van der Waals surface area contributed by atoms with Gasteiger partial charge >= 0.3 is 17.6 Å². The van der Waals surface area contributed by atoms with Gasteiger partial charge < -0.3 is 14.5 Å². The Morgan fingerprint density at radius 1 is 1.22 bits per heavy atom. The van der Waals surface area contributed by atoms with Crippen LogP contribution < -0.4 is 10.9 Å². The summed E-state index contributed by atoms with van der Waals surface area (Å²) in [4.78, 5) is 48.6. The first-order valence-electron chi connectivity index (χ1n) is 8.56. The van der Waals surface area contributed by atoms with Gasteiger partial charge in [0.05, 0.1) is 0 Å². The summed E-state index contributed by atoms with van der Waals surface area (Å²) in [6.45, 7) is 4.44. The van der Waals surface area contributed by atoms with Crippen LogP contribution in [-0.4, -0.2) is 34.9 Å². The molecule has 8 nitrogen and oxygen atoms in total. The van der Waals surface area contributed by atoms with Crippen molar-refractivity contribution < 1.29 is 23.5 Å². The molecule has 0 bridgehead atoms. The number of urea groups is 1. The Morgan fingerprint density at radius 2 is 1.96 bits per heavy atom. The number of carbonyl (C=O) groups excluding carboxylic acids is 3. The van der Waals surface area contributed by atoms with Gasteiger partial charge in [-0.1, -0.05) is 19.1 Å². The van der Waals surface area contributed by atoms with Crippen molar-refractivity contribution in [2.75, 3.05) is 6.54 Å². The molecule has 2 heterocycles. The largest absolute Gasteiger partial charge is 0.459 e. The summed E-state index contributed by atoms with van der Waals surface area (Å²) in [7, 11) is 0. The average molecular weight is 372 g/mol. The minimum Gasteiger partial charge on any atom is -0.459 e. The van der Waals surface area contributed by atoms with E-state index in [4.69, 9.17) is 9.15 Å². The van der Waals surface area contributed by atoms with Crippen LogP contribution in [0.4, 0.5) is 4.79 Å². The lowest BCUT2D eigenvalue weighted by atomic mass is 10.1. The van der Waals surface area contributed by atoms with Crippen LogP contribution in [0.5, 0.6) is 0 Å². The summed E-state index contributed by atoms with van der Waals surface area (Å²) in [6.07, 6.45) is 0.793. The van der Waals surface area contributed by atoms with Crippen LogP contribution in [0.3, 0.4) is 0 Å². The van der Waals surface area contributed by atoms with E-state index in [1.807, 2.05) is 13.0 Å². The van der Waals surface area contributed by atoms with Crippen molar-refractivity contribution in [3.05, 3.63) is 45.8 Å². The molecule has 1 aromatic carbocycles. The Kier molecular flexibility index (Phi) is 4.73. The SMILES string of the molecule is CCc1ccc2c(COC(=O)CN3C(=O)NC(C)(C)C3=O)cc(=O)oc2c1. The highest BCUT2D eigenvalue weighted by Gasteiger charge is 2.45. The fourth-order valence-electron chi connectivity index (χ4n) is 2.91. The second kappa shape index (κ2) is 6.86. The van der Waals surface area contributed by atoms with E-state index in [0.717, 1.165) is 16.9 Å². The number of hydrogen-bond donors (Lipinski definition) is 1. The molecule has 0 saturated carbocycles. The summed E-state index contributed by atoms with van der Waals surface area (Å²) in [5.41, 5.74) is 0.334. The third-order valence-electron chi connectivity index (χ3n) is 4.42. The van der Waals surface area contributed by atoms with Crippen molar-refractivity contribution in [1.29, 1.82) is 0 Å². The van der Waals surface area contributed by atoms with Gasteiger partial charge in [0.1, 0.15) is 24.3 Å².